The molecular formula is C15H10BrNO4. The van der Waals surface area contributed by atoms with Crippen LogP contribution in [0.4, 0.5) is 0 Å². The number of pyridine rings is 1. The van der Waals surface area contributed by atoms with Gasteiger partial charge >= 0.3 is 0 Å². The minimum Gasteiger partial charge on any atom is -0.508 e. The van der Waals surface area contributed by atoms with Gasteiger partial charge in [0.25, 0.3) is 5.56 Å². The Kier molecular flexibility index (Phi) is 3.10. The number of rotatable bonds is 1. The molecule has 106 valence electrons. The van der Waals surface area contributed by atoms with Crippen LogP contribution in [0.3, 0.4) is 0 Å². The smallest absolute Gasteiger partial charge is 0.266 e. The summed E-state index contributed by atoms with van der Waals surface area (Å²) in [6.45, 7) is 0. The van der Waals surface area contributed by atoms with Crippen molar-refractivity contribution in [2.75, 3.05) is 0 Å². The van der Waals surface area contributed by atoms with Crippen molar-refractivity contribution in [3.8, 4) is 22.9 Å². The van der Waals surface area contributed by atoms with E-state index in [0.29, 0.717) is 15.5 Å². The Balaban J connectivity index is 2.36. The van der Waals surface area contributed by atoms with Gasteiger partial charge in [-0.05, 0) is 46.3 Å². The minimum absolute atomic E-state index is 0.100. The van der Waals surface area contributed by atoms with E-state index in [1.807, 2.05) is 0 Å². The Morgan fingerprint density at radius 2 is 1.62 bits per heavy atom. The van der Waals surface area contributed by atoms with Gasteiger partial charge in [-0.3, -0.25) is 9.36 Å². The maximum absolute atomic E-state index is 12.5. The number of hydrogen-bond acceptors (Lipinski definition) is 4. The van der Waals surface area contributed by atoms with Gasteiger partial charge in [-0.1, -0.05) is 0 Å². The van der Waals surface area contributed by atoms with Crippen LogP contribution < -0.4 is 5.56 Å². The quantitative estimate of drug-likeness (QED) is 0.632. The van der Waals surface area contributed by atoms with E-state index in [2.05, 4.69) is 15.9 Å². The standard InChI is InChI=1S/C15H10BrNO4/c16-14-10-5-6-17(8-1-3-9(18)4-2-8)15(21)13(10)11(19)7-12(14)20/h1-7,18-20H. The summed E-state index contributed by atoms with van der Waals surface area (Å²) in [5, 5.41) is 29.4. The molecule has 0 unspecified atom stereocenters. The van der Waals surface area contributed by atoms with Crippen LogP contribution in [0.5, 0.6) is 17.2 Å². The van der Waals surface area contributed by atoms with E-state index < -0.39 is 5.56 Å². The average Bonchev–Trinajstić information content (AvgIpc) is 2.45. The summed E-state index contributed by atoms with van der Waals surface area (Å²) in [4.78, 5) is 12.5. The van der Waals surface area contributed by atoms with Crippen molar-refractivity contribution in [2.24, 2.45) is 0 Å². The molecule has 3 aromatic rings. The number of phenolic OH excluding ortho intramolecular Hbond substituents is 3. The van der Waals surface area contributed by atoms with Crippen LogP contribution in [0.2, 0.25) is 0 Å². The summed E-state index contributed by atoms with van der Waals surface area (Å²) in [5.41, 5.74) is 0.139. The molecule has 0 atom stereocenters. The molecule has 0 fully saturated rings. The second-order valence-corrected chi connectivity index (χ2v) is 5.32. The first-order valence-electron chi connectivity index (χ1n) is 6.04. The van der Waals surface area contributed by atoms with Gasteiger partial charge < -0.3 is 15.3 Å². The van der Waals surface area contributed by atoms with Gasteiger partial charge in [-0.2, -0.15) is 0 Å². The Labute approximate surface area is 127 Å². The van der Waals surface area contributed by atoms with Crippen LogP contribution in [-0.4, -0.2) is 19.9 Å². The maximum Gasteiger partial charge on any atom is 0.266 e. The average molecular weight is 348 g/mol. The summed E-state index contributed by atoms with van der Waals surface area (Å²) >= 11 is 3.20. The third-order valence-corrected chi connectivity index (χ3v) is 4.04. The molecule has 0 spiro atoms. The van der Waals surface area contributed by atoms with Crippen molar-refractivity contribution in [3.05, 3.63) is 57.4 Å². The predicted octanol–water partition coefficient (Wildman–Crippen LogP) is 2.87. The van der Waals surface area contributed by atoms with Crippen LogP contribution in [-0.2, 0) is 0 Å². The Morgan fingerprint density at radius 3 is 2.29 bits per heavy atom. The van der Waals surface area contributed by atoms with E-state index in [-0.39, 0.29) is 22.6 Å². The number of halogens is 1. The molecule has 1 heterocycles. The summed E-state index contributed by atoms with van der Waals surface area (Å²) in [7, 11) is 0. The fraction of sp³-hybridized carbons (Fsp3) is 0. The molecule has 5 nitrogen and oxygen atoms in total. The molecule has 1 aromatic heterocycles. The number of aromatic nitrogens is 1. The molecule has 6 heteroatoms. The van der Waals surface area contributed by atoms with Crippen molar-refractivity contribution in [3.63, 3.8) is 0 Å². The SMILES string of the molecule is O=c1c2c(O)cc(O)c(Br)c2ccn1-c1ccc(O)cc1. The van der Waals surface area contributed by atoms with Gasteiger partial charge in [0.15, 0.2) is 0 Å². The second kappa shape index (κ2) is 4.82. The Morgan fingerprint density at radius 1 is 0.952 bits per heavy atom. The number of benzene rings is 2. The highest BCUT2D eigenvalue weighted by molar-refractivity contribution is 9.10. The molecule has 0 bridgehead atoms. The zero-order valence-corrected chi connectivity index (χ0v) is 12.2. The van der Waals surface area contributed by atoms with Gasteiger partial charge in [0, 0.05) is 23.3 Å². The zero-order valence-electron chi connectivity index (χ0n) is 10.6. The topological polar surface area (TPSA) is 82.7 Å². The lowest BCUT2D eigenvalue weighted by atomic mass is 10.1. The van der Waals surface area contributed by atoms with Crippen molar-refractivity contribution >= 4 is 26.7 Å². The zero-order chi connectivity index (χ0) is 15.1. The van der Waals surface area contributed by atoms with Gasteiger partial charge in [0.05, 0.1) is 9.86 Å². The number of fused-ring (bicyclic) bond motifs is 1. The predicted molar refractivity (Wildman–Crippen MR) is 82.2 cm³/mol. The molecule has 3 rings (SSSR count). The molecule has 0 aliphatic heterocycles. The molecular weight excluding hydrogens is 338 g/mol. The van der Waals surface area contributed by atoms with E-state index in [0.717, 1.165) is 6.07 Å². The molecule has 0 aliphatic carbocycles. The van der Waals surface area contributed by atoms with E-state index in [9.17, 15) is 20.1 Å². The van der Waals surface area contributed by atoms with Crippen LogP contribution in [0, 0.1) is 0 Å². The number of phenols is 3. The van der Waals surface area contributed by atoms with E-state index in [4.69, 9.17) is 0 Å². The first-order valence-corrected chi connectivity index (χ1v) is 6.83. The highest BCUT2D eigenvalue weighted by Crippen LogP contribution is 2.36. The summed E-state index contributed by atoms with van der Waals surface area (Å²) in [6, 6.07) is 8.86. The molecule has 0 saturated carbocycles. The van der Waals surface area contributed by atoms with Gasteiger partial charge in [0.2, 0.25) is 0 Å². The highest BCUT2D eigenvalue weighted by Gasteiger charge is 2.14. The monoisotopic (exact) mass is 347 g/mol. The summed E-state index contributed by atoms with van der Waals surface area (Å²) < 4.78 is 1.70. The van der Waals surface area contributed by atoms with Crippen molar-refractivity contribution in [1.82, 2.24) is 4.57 Å². The minimum atomic E-state index is -0.420. The molecule has 3 N–H and O–H groups in total. The van der Waals surface area contributed by atoms with Gasteiger partial charge in [0.1, 0.15) is 17.2 Å². The lowest BCUT2D eigenvalue weighted by Gasteiger charge is -2.10. The molecule has 0 saturated heterocycles. The van der Waals surface area contributed by atoms with Crippen LogP contribution >= 0.6 is 15.9 Å². The lowest BCUT2D eigenvalue weighted by molar-refractivity contribution is 0.452. The number of nitrogens with zero attached hydrogens (tertiary/aromatic N) is 1. The fourth-order valence-corrected chi connectivity index (χ4v) is 2.63. The van der Waals surface area contributed by atoms with E-state index >= 15 is 0 Å². The molecule has 0 amide bonds. The Bertz CT molecular complexity index is 900. The van der Waals surface area contributed by atoms with E-state index in [1.165, 1.54) is 16.7 Å². The summed E-state index contributed by atoms with van der Waals surface area (Å²) in [6.07, 6.45) is 1.54. The third kappa shape index (κ3) is 2.13. The van der Waals surface area contributed by atoms with Crippen molar-refractivity contribution in [1.29, 1.82) is 0 Å². The molecule has 2 aromatic carbocycles. The van der Waals surface area contributed by atoms with Gasteiger partial charge in [-0.15, -0.1) is 0 Å². The van der Waals surface area contributed by atoms with Crippen LogP contribution in [0.1, 0.15) is 0 Å². The fourth-order valence-electron chi connectivity index (χ4n) is 2.19. The number of hydrogen-bond donors (Lipinski definition) is 3. The first-order chi connectivity index (χ1) is 9.99. The van der Waals surface area contributed by atoms with Crippen molar-refractivity contribution < 1.29 is 15.3 Å². The van der Waals surface area contributed by atoms with Crippen LogP contribution in [0.15, 0.2) is 51.9 Å². The third-order valence-electron chi connectivity index (χ3n) is 3.21. The van der Waals surface area contributed by atoms with E-state index in [1.54, 1.807) is 24.4 Å². The molecule has 0 aliphatic rings. The Hall–Kier alpha value is -2.47. The van der Waals surface area contributed by atoms with Gasteiger partial charge in [-0.25, -0.2) is 0 Å². The second-order valence-electron chi connectivity index (χ2n) is 4.52. The first kappa shape index (κ1) is 13.5. The molecule has 0 radical (unpaired) electrons. The lowest BCUT2D eigenvalue weighted by Crippen LogP contribution is -2.17. The summed E-state index contributed by atoms with van der Waals surface area (Å²) in [5.74, 6) is -0.325. The van der Waals surface area contributed by atoms with Crippen molar-refractivity contribution in [2.45, 2.75) is 0 Å². The highest BCUT2D eigenvalue weighted by atomic mass is 79.9. The number of aromatic hydroxyl groups is 3. The maximum atomic E-state index is 12.5. The van der Waals surface area contributed by atoms with Crippen LogP contribution in [0.25, 0.3) is 16.5 Å². The normalized spacial score (nSPS) is 10.9. The largest absolute Gasteiger partial charge is 0.508 e. The molecule has 21 heavy (non-hydrogen) atoms.